The Hall–Kier alpha value is -1.75. The number of hydrogen-bond acceptors (Lipinski definition) is 3. The summed E-state index contributed by atoms with van der Waals surface area (Å²) in [7, 11) is 0. The van der Waals surface area contributed by atoms with Crippen molar-refractivity contribution in [1.29, 1.82) is 0 Å². The normalized spacial score (nSPS) is 20.5. The maximum Gasteiger partial charge on any atom is 0.236 e. The first-order valence-corrected chi connectivity index (χ1v) is 7.66. The molecule has 5 heteroatoms. The monoisotopic (exact) mass is 302 g/mol. The molecule has 1 aliphatic carbocycles. The molecule has 110 valence electrons. The molecule has 3 rings (SSSR count). The first kappa shape index (κ1) is 14.2. The SMILES string of the molecule is NC(=S)c1ccc(CN2C(=O)CC3(CCCC3)C2=O)cc1. The minimum absolute atomic E-state index is 0.0171. The molecule has 0 unspecified atom stereocenters. The van der Waals surface area contributed by atoms with E-state index in [1.165, 1.54) is 4.90 Å². The van der Waals surface area contributed by atoms with Crippen LogP contribution in [0.5, 0.6) is 0 Å². The summed E-state index contributed by atoms with van der Waals surface area (Å²) in [6.45, 7) is 0.344. The van der Waals surface area contributed by atoms with E-state index in [1.807, 2.05) is 24.3 Å². The van der Waals surface area contributed by atoms with Crippen LogP contribution in [0.1, 0.15) is 43.2 Å². The molecule has 21 heavy (non-hydrogen) atoms. The highest BCUT2D eigenvalue weighted by molar-refractivity contribution is 7.80. The first-order chi connectivity index (χ1) is 10.0. The van der Waals surface area contributed by atoms with Gasteiger partial charge in [-0.2, -0.15) is 0 Å². The van der Waals surface area contributed by atoms with Crippen molar-refractivity contribution < 1.29 is 9.59 Å². The van der Waals surface area contributed by atoms with Crippen LogP contribution in [0.25, 0.3) is 0 Å². The van der Waals surface area contributed by atoms with Crippen LogP contribution >= 0.6 is 12.2 Å². The summed E-state index contributed by atoms with van der Waals surface area (Å²) in [5.74, 6) is -0.0243. The van der Waals surface area contributed by atoms with Gasteiger partial charge in [-0.05, 0) is 18.4 Å². The van der Waals surface area contributed by atoms with Gasteiger partial charge in [0.15, 0.2) is 0 Å². The first-order valence-electron chi connectivity index (χ1n) is 7.25. The van der Waals surface area contributed by atoms with Crippen LogP contribution in [0.15, 0.2) is 24.3 Å². The minimum atomic E-state index is -0.393. The van der Waals surface area contributed by atoms with E-state index >= 15 is 0 Å². The van der Waals surface area contributed by atoms with Gasteiger partial charge in [0, 0.05) is 12.0 Å². The highest BCUT2D eigenvalue weighted by Crippen LogP contribution is 2.47. The van der Waals surface area contributed by atoms with Crippen molar-refractivity contribution in [3.63, 3.8) is 0 Å². The minimum Gasteiger partial charge on any atom is -0.389 e. The summed E-state index contributed by atoms with van der Waals surface area (Å²) in [6, 6.07) is 7.39. The Labute approximate surface area is 129 Å². The van der Waals surface area contributed by atoms with Gasteiger partial charge in [0.05, 0.1) is 12.0 Å². The fraction of sp³-hybridized carbons (Fsp3) is 0.438. The van der Waals surface area contributed by atoms with Crippen LogP contribution in [0, 0.1) is 5.41 Å². The van der Waals surface area contributed by atoms with Crippen LogP contribution in [0.3, 0.4) is 0 Å². The fourth-order valence-electron chi connectivity index (χ4n) is 3.42. The summed E-state index contributed by atoms with van der Waals surface area (Å²) < 4.78 is 0. The largest absolute Gasteiger partial charge is 0.389 e. The molecule has 0 radical (unpaired) electrons. The predicted molar refractivity (Wildman–Crippen MR) is 83.4 cm³/mol. The number of carbonyl (C=O) groups is 2. The molecule has 0 bridgehead atoms. The van der Waals surface area contributed by atoms with Crippen LogP contribution < -0.4 is 5.73 Å². The lowest BCUT2D eigenvalue weighted by atomic mass is 9.84. The average molecular weight is 302 g/mol. The maximum absolute atomic E-state index is 12.6. The average Bonchev–Trinajstić information content (AvgIpc) is 3.01. The van der Waals surface area contributed by atoms with E-state index < -0.39 is 5.41 Å². The zero-order valence-electron chi connectivity index (χ0n) is 11.8. The third kappa shape index (κ3) is 2.46. The van der Waals surface area contributed by atoms with E-state index in [0.717, 1.165) is 36.8 Å². The molecule has 1 saturated carbocycles. The Morgan fingerprint density at radius 1 is 1.19 bits per heavy atom. The summed E-state index contributed by atoms with van der Waals surface area (Å²) in [5, 5.41) is 0. The lowest BCUT2D eigenvalue weighted by Gasteiger charge is -2.21. The highest BCUT2D eigenvalue weighted by Gasteiger charge is 2.52. The van der Waals surface area contributed by atoms with Crippen molar-refractivity contribution >= 4 is 29.0 Å². The molecule has 1 spiro atoms. The van der Waals surface area contributed by atoms with Gasteiger partial charge < -0.3 is 5.73 Å². The molecule has 1 heterocycles. The second-order valence-electron chi connectivity index (χ2n) is 6.01. The number of hydrogen-bond donors (Lipinski definition) is 1. The molecular weight excluding hydrogens is 284 g/mol. The summed E-state index contributed by atoms with van der Waals surface area (Å²) in [4.78, 5) is 26.5. The number of benzene rings is 1. The van der Waals surface area contributed by atoms with Crippen LogP contribution in [-0.4, -0.2) is 21.7 Å². The smallest absolute Gasteiger partial charge is 0.236 e. The van der Waals surface area contributed by atoms with Gasteiger partial charge in [0.1, 0.15) is 4.99 Å². The standard InChI is InChI=1S/C16H18N2O2S/c17-14(21)12-5-3-11(4-6-12)10-18-13(19)9-16(15(18)20)7-1-2-8-16/h3-6H,1-2,7-10H2,(H2,17,21). The van der Waals surface area contributed by atoms with Gasteiger partial charge in [-0.15, -0.1) is 0 Å². The summed E-state index contributed by atoms with van der Waals surface area (Å²) >= 11 is 4.91. The fourth-order valence-corrected chi connectivity index (χ4v) is 3.56. The Morgan fingerprint density at radius 3 is 2.38 bits per heavy atom. The topological polar surface area (TPSA) is 63.4 Å². The van der Waals surface area contributed by atoms with Gasteiger partial charge in [0.25, 0.3) is 0 Å². The molecule has 4 nitrogen and oxygen atoms in total. The molecule has 0 atom stereocenters. The number of rotatable bonds is 3. The van der Waals surface area contributed by atoms with Crippen molar-refractivity contribution in [3.05, 3.63) is 35.4 Å². The van der Waals surface area contributed by atoms with Gasteiger partial charge in [-0.25, -0.2) is 0 Å². The Balaban J connectivity index is 1.77. The molecule has 2 aliphatic rings. The van der Waals surface area contributed by atoms with Crippen LogP contribution in [-0.2, 0) is 16.1 Å². The van der Waals surface area contributed by atoms with E-state index in [1.54, 1.807) is 0 Å². The van der Waals surface area contributed by atoms with Crippen molar-refractivity contribution in [2.75, 3.05) is 0 Å². The van der Waals surface area contributed by atoms with Gasteiger partial charge in [-0.1, -0.05) is 49.3 Å². The second-order valence-corrected chi connectivity index (χ2v) is 6.45. The molecule has 0 aromatic heterocycles. The van der Waals surface area contributed by atoms with Crippen LogP contribution in [0.2, 0.25) is 0 Å². The Morgan fingerprint density at radius 2 is 1.81 bits per heavy atom. The lowest BCUT2D eigenvalue weighted by molar-refractivity contribution is -0.142. The molecule has 1 aromatic carbocycles. The van der Waals surface area contributed by atoms with Crippen molar-refractivity contribution in [1.82, 2.24) is 4.90 Å². The third-order valence-electron chi connectivity index (χ3n) is 4.63. The summed E-state index contributed by atoms with van der Waals surface area (Å²) in [5.41, 5.74) is 6.88. The highest BCUT2D eigenvalue weighted by atomic mass is 32.1. The number of carbonyl (C=O) groups excluding carboxylic acids is 2. The van der Waals surface area contributed by atoms with E-state index in [4.69, 9.17) is 18.0 Å². The quantitative estimate of drug-likeness (QED) is 0.686. The van der Waals surface area contributed by atoms with Gasteiger partial charge >= 0.3 is 0 Å². The molecule has 1 aliphatic heterocycles. The van der Waals surface area contributed by atoms with E-state index in [-0.39, 0.29) is 11.8 Å². The molecule has 2 fully saturated rings. The Kier molecular flexibility index (Phi) is 3.53. The second kappa shape index (κ2) is 5.22. The van der Waals surface area contributed by atoms with Crippen molar-refractivity contribution in [2.24, 2.45) is 11.1 Å². The lowest BCUT2D eigenvalue weighted by Crippen LogP contribution is -2.33. The number of thiocarbonyl (C=S) groups is 1. The molecule has 1 saturated heterocycles. The van der Waals surface area contributed by atoms with Gasteiger partial charge in [-0.3, -0.25) is 14.5 Å². The Bertz CT molecular complexity index is 603. The van der Waals surface area contributed by atoms with E-state index in [0.29, 0.717) is 18.0 Å². The molecule has 1 aromatic rings. The zero-order valence-corrected chi connectivity index (χ0v) is 12.6. The summed E-state index contributed by atoms with van der Waals surface area (Å²) in [6.07, 6.45) is 4.20. The molecular formula is C16H18N2O2S. The molecule has 2 N–H and O–H groups in total. The zero-order chi connectivity index (χ0) is 15.0. The van der Waals surface area contributed by atoms with E-state index in [2.05, 4.69) is 0 Å². The van der Waals surface area contributed by atoms with E-state index in [9.17, 15) is 9.59 Å². The maximum atomic E-state index is 12.6. The van der Waals surface area contributed by atoms with Crippen LogP contribution in [0.4, 0.5) is 0 Å². The number of amides is 2. The van der Waals surface area contributed by atoms with Crippen molar-refractivity contribution in [2.45, 2.75) is 38.6 Å². The molecule has 2 amide bonds. The number of imide groups is 1. The van der Waals surface area contributed by atoms with Crippen molar-refractivity contribution in [3.8, 4) is 0 Å². The number of nitrogens with two attached hydrogens (primary N) is 1. The third-order valence-corrected chi connectivity index (χ3v) is 4.87. The number of nitrogens with zero attached hydrogens (tertiary/aromatic N) is 1. The number of likely N-dealkylation sites (tertiary alicyclic amines) is 1. The predicted octanol–water partition coefficient (Wildman–Crippen LogP) is 2.14. The van der Waals surface area contributed by atoms with Gasteiger partial charge in [0.2, 0.25) is 11.8 Å².